The number of rotatable bonds is 5. The molecule has 0 unspecified atom stereocenters. The summed E-state index contributed by atoms with van der Waals surface area (Å²) in [4.78, 5) is 17.8. The molecule has 0 bridgehead atoms. The number of carbonyl (C=O) groups excluding carboxylic acids is 1. The van der Waals surface area contributed by atoms with Crippen LogP contribution in [0.15, 0.2) is 22.8 Å². The van der Waals surface area contributed by atoms with E-state index in [-0.39, 0.29) is 5.91 Å². The SMILES string of the molecule is CN(CC(=O)NC1CC1)Cc1ccc(Br)cn1. The molecule has 1 aromatic heterocycles. The zero-order valence-corrected chi connectivity index (χ0v) is 11.4. The Balaban J connectivity index is 1.77. The summed E-state index contributed by atoms with van der Waals surface area (Å²) in [5.74, 6) is 0.104. The van der Waals surface area contributed by atoms with Gasteiger partial charge in [0.25, 0.3) is 0 Å². The van der Waals surface area contributed by atoms with Gasteiger partial charge >= 0.3 is 0 Å². The van der Waals surface area contributed by atoms with Crippen LogP contribution in [0.1, 0.15) is 18.5 Å². The average Bonchev–Trinajstić information content (AvgIpc) is 3.05. The van der Waals surface area contributed by atoms with Crippen LogP contribution < -0.4 is 5.32 Å². The highest BCUT2D eigenvalue weighted by atomic mass is 79.9. The lowest BCUT2D eigenvalue weighted by Gasteiger charge is -2.15. The fourth-order valence-corrected chi connectivity index (χ4v) is 1.81. The van der Waals surface area contributed by atoms with Crippen LogP contribution in [0.3, 0.4) is 0 Å². The molecule has 0 atom stereocenters. The van der Waals surface area contributed by atoms with E-state index < -0.39 is 0 Å². The van der Waals surface area contributed by atoms with Gasteiger partial charge in [0.2, 0.25) is 5.91 Å². The van der Waals surface area contributed by atoms with Crippen LogP contribution in [0.25, 0.3) is 0 Å². The summed E-state index contributed by atoms with van der Waals surface area (Å²) in [5, 5.41) is 2.97. The first kappa shape index (κ1) is 12.5. The highest BCUT2D eigenvalue weighted by molar-refractivity contribution is 9.10. The Kier molecular flexibility index (Phi) is 4.12. The first-order valence-electron chi connectivity index (χ1n) is 5.72. The third-order valence-electron chi connectivity index (χ3n) is 2.58. The van der Waals surface area contributed by atoms with Crippen molar-refractivity contribution in [3.05, 3.63) is 28.5 Å². The Morgan fingerprint density at radius 2 is 2.35 bits per heavy atom. The van der Waals surface area contributed by atoms with Gasteiger partial charge in [0.1, 0.15) is 0 Å². The molecule has 1 saturated carbocycles. The molecule has 17 heavy (non-hydrogen) atoms. The number of aromatic nitrogens is 1. The lowest BCUT2D eigenvalue weighted by Crippen LogP contribution is -2.36. The van der Waals surface area contributed by atoms with Crippen LogP contribution >= 0.6 is 15.9 Å². The Hall–Kier alpha value is -0.940. The summed E-state index contributed by atoms with van der Waals surface area (Å²) >= 11 is 3.35. The molecule has 1 heterocycles. The summed E-state index contributed by atoms with van der Waals surface area (Å²) in [7, 11) is 1.93. The minimum atomic E-state index is 0.104. The smallest absolute Gasteiger partial charge is 0.234 e. The normalized spacial score (nSPS) is 15.0. The molecule has 0 aliphatic heterocycles. The Labute approximate surface area is 110 Å². The molecule has 1 fully saturated rings. The van der Waals surface area contributed by atoms with Gasteiger partial charge in [0, 0.05) is 23.3 Å². The van der Waals surface area contributed by atoms with Crippen molar-refractivity contribution in [1.29, 1.82) is 0 Å². The average molecular weight is 298 g/mol. The molecule has 0 saturated heterocycles. The van der Waals surface area contributed by atoms with E-state index in [1.807, 2.05) is 24.1 Å². The maximum Gasteiger partial charge on any atom is 0.234 e. The molecule has 1 aliphatic rings. The van der Waals surface area contributed by atoms with Gasteiger partial charge in [-0.15, -0.1) is 0 Å². The van der Waals surface area contributed by atoms with Gasteiger partial charge in [0.15, 0.2) is 0 Å². The van der Waals surface area contributed by atoms with E-state index in [0.29, 0.717) is 19.1 Å². The largest absolute Gasteiger partial charge is 0.352 e. The summed E-state index contributed by atoms with van der Waals surface area (Å²) in [6, 6.07) is 4.35. The predicted molar refractivity (Wildman–Crippen MR) is 69.4 cm³/mol. The number of halogens is 1. The molecule has 92 valence electrons. The van der Waals surface area contributed by atoms with Gasteiger partial charge in [-0.3, -0.25) is 14.7 Å². The van der Waals surface area contributed by atoms with E-state index in [1.165, 1.54) is 0 Å². The second-order valence-corrected chi connectivity index (χ2v) is 5.40. The van der Waals surface area contributed by atoms with E-state index in [2.05, 4.69) is 26.2 Å². The number of nitrogens with zero attached hydrogens (tertiary/aromatic N) is 2. The van der Waals surface area contributed by atoms with Crippen molar-refractivity contribution >= 4 is 21.8 Å². The van der Waals surface area contributed by atoms with Gasteiger partial charge in [-0.05, 0) is 48.0 Å². The van der Waals surface area contributed by atoms with Crippen LogP contribution in [0, 0.1) is 0 Å². The highest BCUT2D eigenvalue weighted by Gasteiger charge is 2.23. The topological polar surface area (TPSA) is 45.2 Å². The maximum absolute atomic E-state index is 11.6. The lowest BCUT2D eigenvalue weighted by molar-refractivity contribution is -0.122. The molecule has 0 radical (unpaired) electrons. The van der Waals surface area contributed by atoms with Crippen molar-refractivity contribution in [1.82, 2.24) is 15.2 Å². The standard InChI is InChI=1S/C12H16BrN3O/c1-16(8-12(17)15-10-4-5-10)7-11-3-2-9(13)6-14-11/h2-3,6,10H,4-5,7-8H2,1H3,(H,15,17). The van der Waals surface area contributed by atoms with E-state index >= 15 is 0 Å². The highest BCUT2D eigenvalue weighted by Crippen LogP contribution is 2.18. The van der Waals surface area contributed by atoms with Crippen LogP contribution in [0.5, 0.6) is 0 Å². The molecule has 0 aromatic carbocycles. The molecular weight excluding hydrogens is 282 g/mol. The molecule has 2 rings (SSSR count). The minimum absolute atomic E-state index is 0.104. The number of hydrogen-bond donors (Lipinski definition) is 1. The molecule has 0 spiro atoms. The number of hydrogen-bond acceptors (Lipinski definition) is 3. The molecule has 1 N–H and O–H groups in total. The number of pyridine rings is 1. The van der Waals surface area contributed by atoms with Gasteiger partial charge in [0.05, 0.1) is 12.2 Å². The second-order valence-electron chi connectivity index (χ2n) is 4.48. The maximum atomic E-state index is 11.6. The van der Waals surface area contributed by atoms with Crippen molar-refractivity contribution < 1.29 is 4.79 Å². The monoisotopic (exact) mass is 297 g/mol. The van der Waals surface area contributed by atoms with E-state index in [4.69, 9.17) is 0 Å². The van der Waals surface area contributed by atoms with Crippen LogP contribution in [0.2, 0.25) is 0 Å². The van der Waals surface area contributed by atoms with Crippen LogP contribution in [-0.4, -0.2) is 35.4 Å². The fourth-order valence-electron chi connectivity index (χ4n) is 1.58. The molecule has 4 nitrogen and oxygen atoms in total. The molecular formula is C12H16BrN3O. The van der Waals surface area contributed by atoms with E-state index in [9.17, 15) is 4.79 Å². The van der Waals surface area contributed by atoms with E-state index in [0.717, 1.165) is 23.0 Å². The zero-order valence-electron chi connectivity index (χ0n) is 9.82. The predicted octanol–water partition coefficient (Wildman–Crippen LogP) is 1.55. The summed E-state index contributed by atoms with van der Waals surface area (Å²) in [6.07, 6.45) is 4.03. The summed E-state index contributed by atoms with van der Waals surface area (Å²) in [5.41, 5.74) is 0.968. The molecule has 1 amide bonds. The van der Waals surface area contributed by atoms with Crippen molar-refractivity contribution in [3.63, 3.8) is 0 Å². The zero-order chi connectivity index (χ0) is 12.3. The second kappa shape index (κ2) is 5.60. The van der Waals surface area contributed by atoms with Gasteiger partial charge in [-0.25, -0.2) is 0 Å². The van der Waals surface area contributed by atoms with Crippen molar-refractivity contribution in [2.75, 3.05) is 13.6 Å². The fraction of sp³-hybridized carbons (Fsp3) is 0.500. The molecule has 1 aromatic rings. The van der Waals surface area contributed by atoms with E-state index in [1.54, 1.807) is 6.20 Å². The van der Waals surface area contributed by atoms with Gasteiger partial charge in [-0.2, -0.15) is 0 Å². The van der Waals surface area contributed by atoms with Crippen LogP contribution in [-0.2, 0) is 11.3 Å². The lowest BCUT2D eigenvalue weighted by atomic mass is 10.3. The molecule has 5 heteroatoms. The molecule has 1 aliphatic carbocycles. The number of carbonyl (C=O) groups is 1. The number of likely N-dealkylation sites (N-methyl/N-ethyl adjacent to an activating group) is 1. The number of nitrogens with one attached hydrogen (secondary N) is 1. The van der Waals surface area contributed by atoms with Crippen LogP contribution in [0.4, 0.5) is 0 Å². The van der Waals surface area contributed by atoms with Crippen molar-refractivity contribution in [2.24, 2.45) is 0 Å². The van der Waals surface area contributed by atoms with Gasteiger partial charge < -0.3 is 5.32 Å². The summed E-state index contributed by atoms with van der Waals surface area (Å²) in [6.45, 7) is 1.11. The Bertz CT molecular complexity index is 389. The first-order chi connectivity index (χ1) is 8.13. The van der Waals surface area contributed by atoms with Crippen molar-refractivity contribution in [3.8, 4) is 0 Å². The Morgan fingerprint density at radius 3 is 2.94 bits per heavy atom. The first-order valence-corrected chi connectivity index (χ1v) is 6.51. The van der Waals surface area contributed by atoms with Gasteiger partial charge in [-0.1, -0.05) is 0 Å². The Morgan fingerprint density at radius 1 is 1.59 bits per heavy atom. The third-order valence-corrected chi connectivity index (χ3v) is 3.05. The van der Waals surface area contributed by atoms with Crippen molar-refractivity contribution in [2.45, 2.75) is 25.4 Å². The number of amides is 1. The third kappa shape index (κ3) is 4.44. The quantitative estimate of drug-likeness (QED) is 0.897. The minimum Gasteiger partial charge on any atom is -0.352 e. The summed E-state index contributed by atoms with van der Waals surface area (Å²) < 4.78 is 0.968.